The predicted molar refractivity (Wildman–Crippen MR) is 89.2 cm³/mol. The molecule has 1 atom stereocenters. The highest BCUT2D eigenvalue weighted by atomic mass is 16.5. The fraction of sp³-hybridized carbons (Fsp3) is 0.556. The molecule has 0 spiro atoms. The van der Waals surface area contributed by atoms with Gasteiger partial charge < -0.3 is 14.2 Å². The van der Waals surface area contributed by atoms with Gasteiger partial charge >= 0.3 is 0 Å². The number of nitrogens with zero attached hydrogens (tertiary/aromatic N) is 1. The normalized spacial score (nSPS) is 19.3. The maximum absolute atomic E-state index is 5.45. The lowest BCUT2D eigenvalue weighted by Gasteiger charge is -2.34. The number of likely N-dealkylation sites (N-methyl/N-ethyl adjacent to an activating group) is 1. The van der Waals surface area contributed by atoms with Gasteiger partial charge in [0.05, 0.1) is 21.3 Å². The molecule has 0 saturated heterocycles. The molecule has 4 heteroatoms. The number of rotatable bonds is 5. The molecule has 1 aromatic rings. The Balaban J connectivity index is 2.26. The molecule has 0 amide bonds. The molecule has 0 radical (unpaired) electrons. The Kier molecular flexibility index (Phi) is 5.35. The smallest absolute Gasteiger partial charge is 0.203 e. The lowest BCUT2D eigenvalue weighted by atomic mass is 9.92. The van der Waals surface area contributed by atoms with Crippen molar-refractivity contribution in [3.63, 3.8) is 0 Å². The standard InChI is InChI=1S/C18H27NO3/c1-12-7-15(19(3)11-13(12)2)8-14-9-16(20-4)18(22-6)17(10-14)21-5/h9-10,15H,7-8,11H2,1-6H3. The molecule has 0 aromatic heterocycles. The van der Waals surface area contributed by atoms with Gasteiger partial charge in [-0.1, -0.05) is 11.1 Å². The first-order valence-corrected chi connectivity index (χ1v) is 7.64. The number of ether oxygens (including phenoxy) is 3. The second kappa shape index (κ2) is 7.05. The van der Waals surface area contributed by atoms with Gasteiger partial charge in [-0.15, -0.1) is 0 Å². The summed E-state index contributed by atoms with van der Waals surface area (Å²) in [5.41, 5.74) is 4.21. The number of methoxy groups -OCH3 is 3. The molecule has 1 unspecified atom stereocenters. The van der Waals surface area contributed by atoms with Gasteiger partial charge in [-0.3, -0.25) is 4.90 Å². The van der Waals surface area contributed by atoms with Crippen molar-refractivity contribution in [1.29, 1.82) is 0 Å². The minimum atomic E-state index is 0.506. The molecule has 4 nitrogen and oxygen atoms in total. The van der Waals surface area contributed by atoms with Crippen LogP contribution in [0.25, 0.3) is 0 Å². The van der Waals surface area contributed by atoms with E-state index in [1.807, 2.05) is 0 Å². The summed E-state index contributed by atoms with van der Waals surface area (Å²) in [6.07, 6.45) is 2.08. The quantitative estimate of drug-likeness (QED) is 0.781. The van der Waals surface area contributed by atoms with E-state index >= 15 is 0 Å². The van der Waals surface area contributed by atoms with Gasteiger partial charge in [-0.05, 0) is 51.4 Å². The third-order valence-electron chi connectivity index (χ3n) is 4.58. The minimum Gasteiger partial charge on any atom is -0.493 e. The summed E-state index contributed by atoms with van der Waals surface area (Å²) in [4.78, 5) is 2.42. The van der Waals surface area contributed by atoms with E-state index in [2.05, 4.69) is 37.9 Å². The van der Waals surface area contributed by atoms with Crippen LogP contribution in [0.2, 0.25) is 0 Å². The van der Waals surface area contributed by atoms with Crippen LogP contribution in [0.15, 0.2) is 23.3 Å². The zero-order chi connectivity index (χ0) is 16.3. The lowest BCUT2D eigenvalue weighted by molar-refractivity contribution is 0.241. The maximum atomic E-state index is 5.45. The van der Waals surface area contributed by atoms with E-state index in [0.717, 1.165) is 30.9 Å². The molecular formula is C18H27NO3. The molecule has 1 heterocycles. The summed E-state index contributed by atoms with van der Waals surface area (Å²) in [6, 6.07) is 4.61. The SMILES string of the molecule is COc1cc(CC2CC(C)=C(C)CN2C)cc(OC)c1OC. The van der Waals surface area contributed by atoms with Gasteiger partial charge in [0.25, 0.3) is 0 Å². The van der Waals surface area contributed by atoms with Crippen LogP contribution in [0, 0.1) is 0 Å². The first kappa shape index (κ1) is 16.7. The molecular weight excluding hydrogens is 278 g/mol. The van der Waals surface area contributed by atoms with Crippen molar-refractivity contribution in [2.24, 2.45) is 0 Å². The van der Waals surface area contributed by atoms with Crippen LogP contribution in [-0.2, 0) is 6.42 Å². The summed E-state index contributed by atoms with van der Waals surface area (Å²) >= 11 is 0. The van der Waals surface area contributed by atoms with E-state index < -0.39 is 0 Å². The summed E-state index contributed by atoms with van der Waals surface area (Å²) in [6.45, 7) is 5.51. The Morgan fingerprint density at radius 2 is 1.59 bits per heavy atom. The Morgan fingerprint density at radius 3 is 2.09 bits per heavy atom. The number of hydrogen-bond acceptors (Lipinski definition) is 4. The van der Waals surface area contributed by atoms with E-state index in [1.54, 1.807) is 21.3 Å². The van der Waals surface area contributed by atoms with Crippen molar-refractivity contribution in [3.05, 3.63) is 28.8 Å². The largest absolute Gasteiger partial charge is 0.493 e. The molecule has 0 saturated carbocycles. The van der Waals surface area contributed by atoms with Gasteiger partial charge in [0.2, 0.25) is 5.75 Å². The van der Waals surface area contributed by atoms with Gasteiger partial charge in [-0.2, -0.15) is 0 Å². The fourth-order valence-electron chi connectivity index (χ4n) is 3.07. The van der Waals surface area contributed by atoms with Crippen molar-refractivity contribution < 1.29 is 14.2 Å². The zero-order valence-electron chi connectivity index (χ0n) is 14.5. The Morgan fingerprint density at radius 1 is 1.00 bits per heavy atom. The molecule has 1 aromatic carbocycles. The Labute approximate surface area is 133 Å². The predicted octanol–water partition coefficient (Wildman–Crippen LogP) is 3.30. The average Bonchev–Trinajstić information content (AvgIpc) is 2.51. The second-order valence-electron chi connectivity index (χ2n) is 6.07. The summed E-state index contributed by atoms with van der Waals surface area (Å²) in [5, 5.41) is 0. The van der Waals surface area contributed by atoms with Crippen molar-refractivity contribution >= 4 is 0 Å². The van der Waals surface area contributed by atoms with E-state index in [0.29, 0.717) is 11.8 Å². The molecule has 0 aliphatic carbocycles. The molecule has 0 bridgehead atoms. The monoisotopic (exact) mass is 305 g/mol. The Bertz CT molecular complexity index is 540. The highest BCUT2D eigenvalue weighted by molar-refractivity contribution is 5.54. The minimum absolute atomic E-state index is 0.506. The van der Waals surface area contributed by atoms with E-state index in [4.69, 9.17) is 14.2 Å². The van der Waals surface area contributed by atoms with Crippen LogP contribution >= 0.6 is 0 Å². The highest BCUT2D eigenvalue weighted by Gasteiger charge is 2.23. The Hall–Kier alpha value is -1.68. The van der Waals surface area contributed by atoms with E-state index in [9.17, 15) is 0 Å². The fourth-order valence-corrected chi connectivity index (χ4v) is 3.07. The van der Waals surface area contributed by atoms with Crippen LogP contribution in [0.1, 0.15) is 25.8 Å². The van der Waals surface area contributed by atoms with E-state index in [-0.39, 0.29) is 0 Å². The summed E-state index contributed by atoms with van der Waals surface area (Å²) in [5.74, 6) is 2.09. The molecule has 2 rings (SSSR count). The summed E-state index contributed by atoms with van der Waals surface area (Å²) < 4.78 is 16.3. The van der Waals surface area contributed by atoms with E-state index in [1.165, 1.54) is 16.7 Å². The molecule has 1 aliphatic heterocycles. The van der Waals surface area contributed by atoms with Crippen molar-refractivity contribution in [2.45, 2.75) is 32.7 Å². The first-order valence-electron chi connectivity index (χ1n) is 7.64. The van der Waals surface area contributed by atoms with Gasteiger partial charge in [0.1, 0.15) is 0 Å². The molecule has 22 heavy (non-hydrogen) atoms. The van der Waals surface area contributed by atoms with Crippen LogP contribution in [0.3, 0.4) is 0 Å². The molecule has 1 aliphatic rings. The molecule has 0 fully saturated rings. The lowest BCUT2D eigenvalue weighted by Crippen LogP contribution is -2.38. The van der Waals surface area contributed by atoms with Crippen LogP contribution in [-0.4, -0.2) is 45.9 Å². The van der Waals surface area contributed by atoms with Gasteiger partial charge in [0, 0.05) is 12.6 Å². The topological polar surface area (TPSA) is 30.9 Å². The highest BCUT2D eigenvalue weighted by Crippen LogP contribution is 2.39. The van der Waals surface area contributed by atoms with Gasteiger partial charge in [-0.25, -0.2) is 0 Å². The number of benzene rings is 1. The maximum Gasteiger partial charge on any atom is 0.203 e. The van der Waals surface area contributed by atoms with Crippen molar-refractivity contribution in [1.82, 2.24) is 4.90 Å². The first-order chi connectivity index (χ1) is 10.5. The second-order valence-corrected chi connectivity index (χ2v) is 6.07. The molecule has 122 valence electrons. The zero-order valence-corrected chi connectivity index (χ0v) is 14.5. The number of hydrogen-bond donors (Lipinski definition) is 0. The van der Waals surface area contributed by atoms with Crippen LogP contribution < -0.4 is 14.2 Å². The van der Waals surface area contributed by atoms with Crippen LogP contribution in [0.5, 0.6) is 17.2 Å². The molecule has 0 N–H and O–H groups in total. The third-order valence-corrected chi connectivity index (χ3v) is 4.58. The van der Waals surface area contributed by atoms with Crippen molar-refractivity contribution in [3.8, 4) is 17.2 Å². The van der Waals surface area contributed by atoms with Gasteiger partial charge in [0.15, 0.2) is 11.5 Å². The van der Waals surface area contributed by atoms with Crippen molar-refractivity contribution in [2.75, 3.05) is 34.9 Å². The van der Waals surface area contributed by atoms with Crippen LogP contribution in [0.4, 0.5) is 0 Å². The third kappa shape index (κ3) is 3.38. The summed E-state index contributed by atoms with van der Waals surface area (Å²) in [7, 11) is 7.14. The average molecular weight is 305 g/mol.